The maximum absolute atomic E-state index is 12.5. The van der Waals surface area contributed by atoms with Gasteiger partial charge in [0.05, 0.1) is 19.1 Å². The fourth-order valence-corrected chi connectivity index (χ4v) is 3.64. The molecule has 2 rings (SSSR count). The SMILES string of the molecule is C=CCS(=O)(=O)C(C(=O)c1ccco1)c1ccc(OC)cc1. The van der Waals surface area contributed by atoms with Crippen LogP contribution in [0.2, 0.25) is 0 Å². The van der Waals surface area contributed by atoms with Crippen LogP contribution in [-0.4, -0.2) is 27.1 Å². The number of ether oxygens (including phenoxy) is 1. The molecular formula is C16H16O5S. The molecule has 1 heterocycles. The summed E-state index contributed by atoms with van der Waals surface area (Å²) in [4.78, 5) is 12.5. The van der Waals surface area contributed by atoms with E-state index in [1.54, 1.807) is 30.3 Å². The first-order valence-corrected chi connectivity index (χ1v) is 8.25. The molecule has 0 aliphatic rings. The number of benzene rings is 1. The number of carbonyl (C=O) groups excluding carboxylic acids is 1. The highest BCUT2D eigenvalue weighted by Gasteiger charge is 2.35. The molecule has 2 aromatic rings. The molecule has 6 heteroatoms. The van der Waals surface area contributed by atoms with Crippen molar-refractivity contribution >= 4 is 15.6 Å². The minimum atomic E-state index is -3.74. The smallest absolute Gasteiger partial charge is 0.220 e. The number of hydrogen-bond donors (Lipinski definition) is 0. The maximum atomic E-state index is 12.5. The quantitative estimate of drug-likeness (QED) is 0.579. The minimum Gasteiger partial charge on any atom is -0.497 e. The molecule has 0 fully saturated rings. The van der Waals surface area contributed by atoms with E-state index in [0.29, 0.717) is 11.3 Å². The lowest BCUT2D eigenvalue weighted by atomic mass is 10.1. The fourth-order valence-electron chi connectivity index (χ4n) is 2.11. The molecule has 1 aromatic carbocycles. The summed E-state index contributed by atoms with van der Waals surface area (Å²) < 4.78 is 35.0. The molecule has 1 unspecified atom stereocenters. The predicted molar refractivity (Wildman–Crippen MR) is 82.8 cm³/mol. The fraction of sp³-hybridized carbons (Fsp3) is 0.188. The Hall–Kier alpha value is -2.34. The van der Waals surface area contributed by atoms with E-state index in [1.165, 1.54) is 25.5 Å². The van der Waals surface area contributed by atoms with E-state index >= 15 is 0 Å². The molecular weight excluding hydrogens is 304 g/mol. The van der Waals surface area contributed by atoms with Crippen LogP contribution in [0.5, 0.6) is 5.75 Å². The zero-order chi connectivity index (χ0) is 16.2. The van der Waals surface area contributed by atoms with Gasteiger partial charge in [-0.1, -0.05) is 18.2 Å². The molecule has 1 atom stereocenters. The number of hydrogen-bond acceptors (Lipinski definition) is 5. The number of furan rings is 1. The van der Waals surface area contributed by atoms with Crippen molar-refractivity contribution in [1.82, 2.24) is 0 Å². The molecule has 0 radical (unpaired) electrons. The van der Waals surface area contributed by atoms with Crippen molar-refractivity contribution in [1.29, 1.82) is 0 Å². The minimum absolute atomic E-state index is 0.00783. The van der Waals surface area contributed by atoms with E-state index in [9.17, 15) is 13.2 Å². The molecule has 0 saturated heterocycles. The van der Waals surface area contributed by atoms with Crippen molar-refractivity contribution in [2.45, 2.75) is 5.25 Å². The van der Waals surface area contributed by atoms with E-state index in [-0.39, 0.29) is 11.5 Å². The highest BCUT2D eigenvalue weighted by atomic mass is 32.2. The van der Waals surface area contributed by atoms with Crippen LogP contribution >= 0.6 is 0 Å². The Kier molecular flexibility index (Phi) is 4.82. The van der Waals surface area contributed by atoms with E-state index < -0.39 is 20.9 Å². The monoisotopic (exact) mass is 320 g/mol. The summed E-state index contributed by atoms with van der Waals surface area (Å²) in [6, 6.07) is 9.33. The standard InChI is InChI=1S/C16H16O5S/c1-3-11-22(18,19)16(15(17)14-5-4-10-21-14)12-6-8-13(20-2)9-7-12/h3-10,16H,1,11H2,2H3. The topological polar surface area (TPSA) is 73.6 Å². The molecule has 0 bridgehead atoms. The molecule has 5 nitrogen and oxygen atoms in total. The largest absolute Gasteiger partial charge is 0.497 e. The van der Waals surface area contributed by atoms with Crippen molar-refractivity contribution in [3.05, 3.63) is 66.6 Å². The summed E-state index contributed by atoms with van der Waals surface area (Å²) in [5.74, 6) is -0.310. The Morgan fingerprint density at radius 2 is 2.00 bits per heavy atom. The van der Waals surface area contributed by atoms with Crippen LogP contribution in [0.1, 0.15) is 21.4 Å². The van der Waals surface area contributed by atoms with Crippen LogP contribution in [0, 0.1) is 0 Å². The van der Waals surface area contributed by atoms with Gasteiger partial charge in [0.1, 0.15) is 5.75 Å². The second-order valence-electron chi connectivity index (χ2n) is 4.61. The highest BCUT2D eigenvalue weighted by Crippen LogP contribution is 2.29. The van der Waals surface area contributed by atoms with Gasteiger partial charge in [0.25, 0.3) is 0 Å². The van der Waals surface area contributed by atoms with Gasteiger partial charge in [-0.25, -0.2) is 8.42 Å². The van der Waals surface area contributed by atoms with Gasteiger partial charge in [-0.05, 0) is 29.8 Å². The average molecular weight is 320 g/mol. The number of methoxy groups -OCH3 is 1. The molecule has 116 valence electrons. The van der Waals surface area contributed by atoms with Gasteiger partial charge in [0.2, 0.25) is 5.78 Å². The number of carbonyl (C=O) groups is 1. The normalized spacial score (nSPS) is 12.6. The first kappa shape index (κ1) is 16.0. The van der Waals surface area contributed by atoms with Crippen LogP contribution in [0.15, 0.2) is 59.7 Å². The molecule has 0 spiro atoms. The van der Waals surface area contributed by atoms with Crippen molar-refractivity contribution in [2.24, 2.45) is 0 Å². The average Bonchev–Trinajstić information content (AvgIpc) is 3.02. The first-order valence-electron chi connectivity index (χ1n) is 6.53. The molecule has 0 N–H and O–H groups in total. The lowest BCUT2D eigenvalue weighted by Gasteiger charge is -2.15. The van der Waals surface area contributed by atoms with Gasteiger partial charge < -0.3 is 9.15 Å². The predicted octanol–water partition coefficient (Wildman–Crippen LogP) is 2.81. The number of ketones is 1. The first-order chi connectivity index (χ1) is 10.5. The molecule has 0 aliphatic carbocycles. The van der Waals surface area contributed by atoms with Crippen LogP contribution in [0.3, 0.4) is 0 Å². The van der Waals surface area contributed by atoms with E-state index in [4.69, 9.17) is 9.15 Å². The number of Topliss-reactive ketones (excluding diaryl/α,β-unsaturated/α-hetero) is 1. The number of rotatable bonds is 7. The van der Waals surface area contributed by atoms with Gasteiger partial charge in [-0.2, -0.15) is 0 Å². The summed E-state index contributed by atoms with van der Waals surface area (Å²) in [5, 5.41) is -1.33. The molecule has 22 heavy (non-hydrogen) atoms. The summed E-state index contributed by atoms with van der Waals surface area (Å²) in [5.41, 5.74) is 0.365. The zero-order valence-electron chi connectivity index (χ0n) is 12.1. The summed E-state index contributed by atoms with van der Waals surface area (Å²) in [6.07, 6.45) is 2.60. The summed E-state index contributed by atoms with van der Waals surface area (Å²) in [7, 11) is -2.23. The molecule has 0 aliphatic heterocycles. The zero-order valence-corrected chi connectivity index (χ0v) is 12.9. The van der Waals surface area contributed by atoms with Crippen molar-refractivity contribution in [3.63, 3.8) is 0 Å². The van der Waals surface area contributed by atoms with Crippen LogP contribution in [0.4, 0.5) is 0 Å². The number of sulfone groups is 1. The molecule has 0 amide bonds. The van der Waals surface area contributed by atoms with Gasteiger partial charge >= 0.3 is 0 Å². The Morgan fingerprint density at radius 1 is 1.32 bits per heavy atom. The highest BCUT2D eigenvalue weighted by molar-refractivity contribution is 7.92. The van der Waals surface area contributed by atoms with Crippen molar-refractivity contribution in [2.75, 3.05) is 12.9 Å². The third-order valence-corrected chi connectivity index (χ3v) is 5.03. The van der Waals surface area contributed by atoms with Crippen molar-refractivity contribution in [3.8, 4) is 5.75 Å². The Morgan fingerprint density at radius 3 is 2.50 bits per heavy atom. The second kappa shape index (κ2) is 6.62. The third-order valence-electron chi connectivity index (χ3n) is 3.13. The third kappa shape index (κ3) is 3.28. The van der Waals surface area contributed by atoms with Gasteiger partial charge in [-0.15, -0.1) is 6.58 Å². The molecule has 1 aromatic heterocycles. The summed E-state index contributed by atoms with van der Waals surface area (Å²) in [6.45, 7) is 3.44. The van der Waals surface area contributed by atoms with E-state index in [0.717, 1.165) is 0 Å². The van der Waals surface area contributed by atoms with Gasteiger partial charge in [0.15, 0.2) is 20.8 Å². The lowest BCUT2D eigenvalue weighted by Crippen LogP contribution is -2.24. The lowest BCUT2D eigenvalue weighted by molar-refractivity contribution is 0.0960. The van der Waals surface area contributed by atoms with E-state index in [2.05, 4.69) is 6.58 Å². The maximum Gasteiger partial charge on any atom is 0.220 e. The van der Waals surface area contributed by atoms with Crippen molar-refractivity contribution < 1.29 is 22.4 Å². The Bertz CT molecular complexity index is 742. The van der Waals surface area contributed by atoms with Crippen LogP contribution < -0.4 is 4.74 Å². The molecule has 0 saturated carbocycles. The van der Waals surface area contributed by atoms with E-state index in [1.807, 2.05) is 0 Å². The summed E-state index contributed by atoms with van der Waals surface area (Å²) >= 11 is 0. The Balaban J connectivity index is 2.49. The van der Waals surface area contributed by atoms with Gasteiger partial charge in [-0.3, -0.25) is 4.79 Å². The van der Waals surface area contributed by atoms with Crippen LogP contribution in [-0.2, 0) is 9.84 Å². The van der Waals surface area contributed by atoms with Gasteiger partial charge in [0, 0.05) is 0 Å². The van der Waals surface area contributed by atoms with Crippen LogP contribution in [0.25, 0.3) is 0 Å². The Labute approximate surface area is 129 Å². The second-order valence-corrected chi connectivity index (χ2v) is 6.74.